The average Bonchev–Trinajstić information content (AvgIpc) is 2.28. The number of hydrogen-bond acceptors (Lipinski definition) is 1. The van der Waals surface area contributed by atoms with Crippen molar-refractivity contribution in [1.29, 1.82) is 0 Å². The molecule has 0 aliphatic carbocycles. The van der Waals surface area contributed by atoms with Crippen molar-refractivity contribution in [3.63, 3.8) is 0 Å². The fourth-order valence-corrected chi connectivity index (χ4v) is 1.55. The predicted octanol–water partition coefficient (Wildman–Crippen LogP) is 2.41. The van der Waals surface area contributed by atoms with Gasteiger partial charge in [-0.1, -0.05) is 11.6 Å². The van der Waals surface area contributed by atoms with Gasteiger partial charge in [-0.3, -0.25) is 0 Å². The molecule has 0 aliphatic heterocycles. The Hall–Kier alpha value is -1.15. The molecule has 2 N–H and O–H groups in total. The van der Waals surface area contributed by atoms with E-state index in [9.17, 15) is 0 Å². The number of nitrogen functional groups attached to an aromatic ring is 1. The molecule has 0 fully saturated rings. The van der Waals surface area contributed by atoms with Gasteiger partial charge in [0.05, 0.1) is 11.2 Å². The Morgan fingerprint density at radius 3 is 2.92 bits per heavy atom. The molecular weight excluding hydrogens is 172 g/mol. The van der Waals surface area contributed by atoms with E-state index in [-0.39, 0.29) is 0 Å². The molecule has 1 aromatic carbocycles. The first-order chi connectivity index (χ1) is 5.68. The Bertz CT molecular complexity index is 431. The zero-order chi connectivity index (χ0) is 8.72. The summed E-state index contributed by atoms with van der Waals surface area (Å²) < 4.78 is 1.97. The van der Waals surface area contributed by atoms with Crippen molar-refractivity contribution in [3.8, 4) is 0 Å². The minimum Gasteiger partial charge on any atom is -0.397 e. The molecule has 3 heteroatoms. The molecule has 12 heavy (non-hydrogen) atoms. The lowest BCUT2D eigenvalue weighted by Gasteiger charge is -1.95. The molecule has 0 saturated carbocycles. The maximum absolute atomic E-state index is 5.85. The Morgan fingerprint density at radius 2 is 2.17 bits per heavy atom. The maximum Gasteiger partial charge on any atom is 0.0573 e. The van der Waals surface area contributed by atoms with E-state index in [0.717, 1.165) is 21.6 Å². The summed E-state index contributed by atoms with van der Waals surface area (Å²) >= 11 is 5.85. The Balaban J connectivity index is 2.90. The fourth-order valence-electron chi connectivity index (χ4n) is 1.39. The number of aromatic nitrogens is 1. The number of anilines is 1. The Kier molecular flexibility index (Phi) is 1.51. The number of benzene rings is 1. The van der Waals surface area contributed by atoms with Crippen molar-refractivity contribution in [2.24, 2.45) is 7.05 Å². The molecule has 0 spiro atoms. The van der Waals surface area contributed by atoms with Crippen LogP contribution in [0.3, 0.4) is 0 Å². The Labute approximate surface area is 75.5 Å². The van der Waals surface area contributed by atoms with Crippen LogP contribution in [0.15, 0.2) is 24.4 Å². The van der Waals surface area contributed by atoms with Gasteiger partial charge < -0.3 is 10.3 Å². The number of aryl methyl sites for hydroxylation is 1. The van der Waals surface area contributed by atoms with Gasteiger partial charge in [0.2, 0.25) is 0 Å². The second kappa shape index (κ2) is 2.42. The summed E-state index contributed by atoms with van der Waals surface area (Å²) in [6.07, 6.45) is 1.89. The van der Waals surface area contributed by atoms with Gasteiger partial charge in [-0.2, -0.15) is 0 Å². The minimum atomic E-state index is 0.740. The second-order valence-electron chi connectivity index (χ2n) is 2.86. The van der Waals surface area contributed by atoms with E-state index in [2.05, 4.69) is 0 Å². The van der Waals surface area contributed by atoms with Gasteiger partial charge in [0.15, 0.2) is 0 Å². The lowest BCUT2D eigenvalue weighted by Crippen LogP contribution is -1.82. The van der Waals surface area contributed by atoms with Gasteiger partial charge >= 0.3 is 0 Å². The molecule has 0 amide bonds. The van der Waals surface area contributed by atoms with E-state index < -0.39 is 0 Å². The first kappa shape index (κ1) is 7.50. The molecule has 2 rings (SSSR count). The topological polar surface area (TPSA) is 30.9 Å². The summed E-state index contributed by atoms with van der Waals surface area (Å²) in [5.74, 6) is 0. The van der Waals surface area contributed by atoms with Gasteiger partial charge in [0.1, 0.15) is 0 Å². The highest BCUT2D eigenvalue weighted by molar-refractivity contribution is 6.31. The first-order valence-electron chi connectivity index (χ1n) is 3.68. The quantitative estimate of drug-likeness (QED) is 0.663. The zero-order valence-electron chi connectivity index (χ0n) is 6.71. The SMILES string of the molecule is Cn1cc(N)c2ccc(Cl)cc21. The zero-order valence-corrected chi connectivity index (χ0v) is 7.47. The average molecular weight is 181 g/mol. The van der Waals surface area contributed by atoms with Gasteiger partial charge in [-0.15, -0.1) is 0 Å². The largest absolute Gasteiger partial charge is 0.397 e. The smallest absolute Gasteiger partial charge is 0.0573 e. The van der Waals surface area contributed by atoms with Crippen LogP contribution in [-0.4, -0.2) is 4.57 Å². The monoisotopic (exact) mass is 180 g/mol. The summed E-state index contributed by atoms with van der Waals surface area (Å²) in [6.45, 7) is 0. The van der Waals surface area contributed by atoms with Crippen LogP contribution in [0.25, 0.3) is 10.9 Å². The number of rotatable bonds is 0. The van der Waals surface area contributed by atoms with E-state index in [1.165, 1.54) is 0 Å². The number of halogens is 1. The van der Waals surface area contributed by atoms with Gasteiger partial charge in [-0.25, -0.2) is 0 Å². The molecule has 0 radical (unpaired) electrons. The van der Waals surface area contributed by atoms with Crippen LogP contribution < -0.4 is 5.73 Å². The lowest BCUT2D eigenvalue weighted by molar-refractivity contribution is 0.970. The lowest BCUT2D eigenvalue weighted by atomic mass is 10.2. The van der Waals surface area contributed by atoms with Crippen LogP contribution >= 0.6 is 11.6 Å². The molecule has 0 unspecified atom stereocenters. The van der Waals surface area contributed by atoms with Gasteiger partial charge in [0, 0.05) is 23.7 Å². The van der Waals surface area contributed by atoms with Crippen LogP contribution in [0.1, 0.15) is 0 Å². The molecular formula is C9H9ClN2. The molecule has 1 aromatic heterocycles. The minimum absolute atomic E-state index is 0.740. The van der Waals surface area contributed by atoms with Gasteiger partial charge in [-0.05, 0) is 18.2 Å². The third kappa shape index (κ3) is 0.959. The number of fused-ring (bicyclic) bond motifs is 1. The highest BCUT2D eigenvalue weighted by Gasteiger charge is 2.02. The number of nitrogens with two attached hydrogens (primary N) is 1. The van der Waals surface area contributed by atoms with E-state index in [1.807, 2.05) is 36.0 Å². The third-order valence-electron chi connectivity index (χ3n) is 1.98. The molecule has 62 valence electrons. The van der Waals surface area contributed by atoms with E-state index >= 15 is 0 Å². The first-order valence-corrected chi connectivity index (χ1v) is 4.06. The molecule has 1 heterocycles. The van der Waals surface area contributed by atoms with E-state index in [4.69, 9.17) is 17.3 Å². The van der Waals surface area contributed by atoms with Crippen molar-refractivity contribution in [1.82, 2.24) is 4.57 Å². The second-order valence-corrected chi connectivity index (χ2v) is 3.29. The summed E-state index contributed by atoms with van der Waals surface area (Å²) in [5, 5.41) is 1.80. The van der Waals surface area contributed by atoms with Crippen molar-refractivity contribution >= 4 is 28.2 Å². The normalized spacial score (nSPS) is 10.8. The van der Waals surface area contributed by atoms with Crippen LogP contribution in [0, 0.1) is 0 Å². The van der Waals surface area contributed by atoms with Crippen LogP contribution in [0.4, 0.5) is 5.69 Å². The number of hydrogen-bond donors (Lipinski definition) is 1. The van der Waals surface area contributed by atoms with Crippen molar-refractivity contribution in [3.05, 3.63) is 29.4 Å². The summed E-state index contributed by atoms with van der Waals surface area (Å²) in [6, 6.07) is 5.69. The summed E-state index contributed by atoms with van der Waals surface area (Å²) in [7, 11) is 1.95. The van der Waals surface area contributed by atoms with Gasteiger partial charge in [0.25, 0.3) is 0 Å². The van der Waals surface area contributed by atoms with Crippen LogP contribution in [0.2, 0.25) is 5.02 Å². The van der Waals surface area contributed by atoms with E-state index in [1.54, 1.807) is 0 Å². The molecule has 2 aromatic rings. The number of nitrogens with zero attached hydrogens (tertiary/aromatic N) is 1. The molecule has 0 bridgehead atoms. The third-order valence-corrected chi connectivity index (χ3v) is 2.22. The highest BCUT2D eigenvalue weighted by atomic mass is 35.5. The van der Waals surface area contributed by atoms with Crippen molar-refractivity contribution in [2.75, 3.05) is 5.73 Å². The molecule has 2 nitrogen and oxygen atoms in total. The summed E-state index contributed by atoms with van der Waals surface area (Å²) in [4.78, 5) is 0. The summed E-state index contributed by atoms with van der Waals surface area (Å²) in [5.41, 5.74) is 7.63. The van der Waals surface area contributed by atoms with Crippen LogP contribution in [-0.2, 0) is 7.05 Å². The highest BCUT2D eigenvalue weighted by Crippen LogP contribution is 2.25. The predicted molar refractivity (Wildman–Crippen MR) is 52.3 cm³/mol. The van der Waals surface area contributed by atoms with Crippen molar-refractivity contribution < 1.29 is 0 Å². The maximum atomic E-state index is 5.85. The van der Waals surface area contributed by atoms with Crippen LogP contribution in [0.5, 0.6) is 0 Å². The Morgan fingerprint density at radius 1 is 1.42 bits per heavy atom. The molecule has 0 saturated heterocycles. The molecule has 0 atom stereocenters. The van der Waals surface area contributed by atoms with Crippen molar-refractivity contribution in [2.45, 2.75) is 0 Å². The fraction of sp³-hybridized carbons (Fsp3) is 0.111. The molecule has 0 aliphatic rings. The van der Waals surface area contributed by atoms with E-state index in [0.29, 0.717) is 0 Å². The standard InChI is InChI=1S/C9H9ClN2/c1-12-5-8(11)7-3-2-6(10)4-9(7)12/h2-5H,11H2,1H3.